The van der Waals surface area contributed by atoms with Gasteiger partial charge in [0.1, 0.15) is 11.8 Å². The van der Waals surface area contributed by atoms with Crippen LogP contribution in [0.1, 0.15) is 43.9 Å². The largest absolute Gasteiger partial charge is 0.484 e. The van der Waals surface area contributed by atoms with E-state index < -0.39 is 29.9 Å². The smallest absolute Gasteiger partial charge is 0.326 e. The summed E-state index contributed by atoms with van der Waals surface area (Å²) in [6.45, 7) is 4.15. The van der Waals surface area contributed by atoms with Gasteiger partial charge in [0.05, 0.1) is 12.5 Å². The highest BCUT2D eigenvalue weighted by Crippen LogP contribution is 2.35. The first-order chi connectivity index (χ1) is 21.7. The van der Waals surface area contributed by atoms with Crippen molar-refractivity contribution in [1.29, 1.82) is 0 Å². The number of urea groups is 1. The minimum Gasteiger partial charge on any atom is -0.484 e. The second-order valence-corrected chi connectivity index (χ2v) is 11.3. The van der Waals surface area contributed by atoms with Crippen molar-refractivity contribution in [2.24, 2.45) is 5.92 Å². The van der Waals surface area contributed by atoms with Crippen molar-refractivity contribution < 1.29 is 38.5 Å². The normalized spacial score (nSPS) is 14.3. The van der Waals surface area contributed by atoms with Crippen molar-refractivity contribution in [2.75, 3.05) is 30.2 Å². The molecule has 12 heteroatoms. The monoisotopic (exact) mass is 616 g/mol. The van der Waals surface area contributed by atoms with Gasteiger partial charge in [-0.25, -0.2) is 4.79 Å². The van der Waals surface area contributed by atoms with Crippen LogP contribution in [-0.4, -0.2) is 54.9 Å². The minimum absolute atomic E-state index is 0.0576. The second-order valence-electron chi connectivity index (χ2n) is 11.3. The fraction of sp³-hybridized carbons (Fsp3) is 0.333. The summed E-state index contributed by atoms with van der Waals surface area (Å²) in [5.74, 6) is -0.653. The SMILES string of the molecule is CC(C)CC(NC(=O)COc1ccc(NC(=O)N2CCc3ccccc32)cc1)C(=O)NC(CC(=O)O)c1ccc2c(c1)OCO2. The van der Waals surface area contributed by atoms with E-state index in [0.717, 1.165) is 17.7 Å². The van der Waals surface area contributed by atoms with Crippen molar-refractivity contribution in [1.82, 2.24) is 10.6 Å². The molecule has 2 atom stereocenters. The maximum Gasteiger partial charge on any atom is 0.326 e. The number of ether oxygens (including phenoxy) is 3. The zero-order valence-electron chi connectivity index (χ0n) is 25.1. The molecule has 0 spiro atoms. The van der Waals surface area contributed by atoms with E-state index in [1.54, 1.807) is 47.4 Å². The lowest BCUT2D eigenvalue weighted by molar-refractivity contribution is -0.138. The Labute approximate surface area is 260 Å². The number of carboxylic acids is 1. The highest BCUT2D eigenvalue weighted by atomic mass is 16.7. The molecule has 4 amide bonds. The molecule has 0 fully saturated rings. The molecule has 45 heavy (non-hydrogen) atoms. The third-order valence-corrected chi connectivity index (χ3v) is 7.46. The molecule has 12 nitrogen and oxygen atoms in total. The third-order valence-electron chi connectivity index (χ3n) is 7.46. The summed E-state index contributed by atoms with van der Waals surface area (Å²) in [6, 6.07) is 17.4. The summed E-state index contributed by atoms with van der Waals surface area (Å²) in [7, 11) is 0. The Morgan fingerprint density at radius 1 is 0.956 bits per heavy atom. The minimum atomic E-state index is -1.09. The van der Waals surface area contributed by atoms with Crippen LogP contribution in [0.4, 0.5) is 16.2 Å². The number of hydrogen-bond donors (Lipinski definition) is 4. The molecule has 0 aliphatic carbocycles. The van der Waals surface area contributed by atoms with E-state index in [0.29, 0.717) is 41.5 Å². The molecule has 0 radical (unpaired) electrons. The summed E-state index contributed by atoms with van der Waals surface area (Å²) in [5.41, 5.74) is 3.15. The van der Waals surface area contributed by atoms with Crippen molar-refractivity contribution in [3.8, 4) is 17.2 Å². The van der Waals surface area contributed by atoms with Gasteiger partial charge < -0.3 is 35.3 Å². The van der Waals surface area contributed by atoms with E-state index in [9.17, 15) is 24.3 Å². The number of benzene rings is 3. The highest BCUT2D eigenvalue weighted by molar-refractivity contribution is 6.03. The maximum atomic E-state index is 13.3. The van der Waals surface area contributed by atoms with E-state index in [-0.39, 0.29) is 31.8 Å². The van der Waals surface area contributed by atoms with Gasteiger partial charge in [0, 0.05) is 17.9 Å². The zero-order chi connectivity index (χ0) is 31.9. The van der Waals surface area contributed by atoms with Crippen LogP contribution in [0, 0.1) is 5.92 Å². The molecule has 3 aromatic carbocycles. The van der Waals surface area contributed by atoms with Crippen LogP contribution in [0.3, 0.4) is 0 Å². The van der Waals surface area contributed by atoms with Gasteiger partial charge >= 0.3 is 12.0 Å². The number of aliphatic carboxylic acids is 1. The lowest BCUT2D eigenvalue weighted by Crippen LogP contribution is -2.49. The number of nitrogens with one attached hydrogen (secondary N) is 3. The van der Waals surface area contributed by atoms with Crippen LogP contribution >= 0.6 is 0 Å². The van der Waals surface area contributed by atoms with Gasteiger partial charge in [0.15, 0.2) is 18.1 Å². The molecule has 2 unspecified atom stereocenters. The second kappa shape index (κ2) is 14.0. The first-order valence-corrected chi connectivity index (χ1v) is 14.8. The lowest BCUT2D eigenvalue weighted by Gasteiger charge is -2.24. The molecular weight excluding hydrogens is 580 g/mol. The van der Waals surface area contributed by atoms with Gasteiger partial charge in [-0.15, -0.1) is 0 Å². The molecule has 0 saturated carbocycles. The lowest BCUT2D eigenvalue weighted by atomic mass is 10.00. The number of amides is 4. The fourth-order valence-corrected chi connectivity index (χ4v) is 5.29. The Morgan fingerprint density at radius 2 is 1.71 bits per heavy atom. The first kappa shape index (κ1) is 31.2. The number of rotatable bonds is 12. The van der Waals surface area contributed by atoms with Gasteiger partial charge in [-0.05, 0) is 72.4 Å². The number of carbonyl (C=O) groups is 4. The van der Waals surface area contributed by atoms with E-state index in [1.807, 2.05) is 38.1 Å². The number of para-hydroxylation sites is 1. The summed E-state index contributed by atoms with van der Waals surface area (Å²) >= 11 is 0. The quantitative estimate of drug-likeness (QED) is 0.235. The number of nitrogens with zero attached hydrogens (tertiary/aromatic N) is 1. The van der Waals surface area contributed by atoms with Gasteiger partial charge in [-0.1, -0.05) is 38.1 Å². The van der Waals surface area contributed by atoms with E-state index >= 15 is 0 Å². The van der Waals surface area contributed by atoms with E-state index in [2.05, 4.69) is 16.0 Å². The molecule has 3 aromatic rings. The standard InChI is InChI=1S/C33H36N4O8/c1-20(2)15-26(32(41)36-25(17-31(39)40)22-7-12-28-29(16-22)45-19-44-28)35-30(38)18-43-24-10-8-23(9-11-24)34-33(42)37-14-13-21-5-3-4-6-27(21)37/h3-12,16,20,25-26H,13-15,17-19H2,1-2H3,(H,34,42)(H,35,38)(H,36,41)(H,39,40). The summed E-state index contributed by atoms with van der Waals surface area (Å²) in [4.78, 5) is 52.3. The molecule has 236 valence electrons. The summed E-state index contributed by atoms with van der Waals surface area (Å²) in [5, 5.41) is 17.9. The van der Waals surface area contributed by atoms with Gasteiger partial charge in [0.25, 0.3) is 5.91 Å². The predicted molar refractivity (Wildman–Crippen MR) is 166 cm³/mol. The predicted octanol–water partition coefficient (Wildman–Crippen LogP) is 4.25. The van der Waals surface area contributed by atoms with E-state index in [1.165, 1.54) is 0 Å². The first-order valence-electron chi connectivity index (χ1n) is 14.8. The molecular formula is C33H36N4O8. The van der Waals surface area contributed by atoms with Crippen molar-refractivity contribution in [3.63, 3.8) is 0 Å². The average Bonchev–Trinajstić information content (AvgIpc) is 3.66. The van der Waals surface area contributed by atoms with Gasteiger partial charge in [0.2, 0.25) is 12.7 Å². The van der Waals surface area contributed by atoms with Crippen LogP contribution in [0.15, 0.2) is 66.7 Å². The Balaban J connectivity index is 1.15. The third kappa shape index (κ3) is 8.02. The summed E-state index contributed by atoms with van der Waals surface area (Å²) < 4.78 is 16.4. The van der Waals surface area contributed by atoms with Crippen LogP contribution < -0.4 is 35.1 Å². The van der Waals surface area contributed by atoms with Gasteiger partial charge in [-0.3, -0.25) is 19.3 Å². The topological polar surface area (TPSA) is 156 Å². The van der Waals surface area contributed by atoms with Gasteiger partial charge in [-0.2, -0.15) is 0 Å². The molecule has 2 heterocycles. The Kier molecular flexibility index (Phi) is 9.71. The molecule has 0 saturated heterocycles. The maximum absolute atomic E-state index is 13.3. The average molecular weight is 617 g/mol. The number of carbonyl (C=O) groups excluding carboxylic acids is 3. The van der Waals surface area contributed by atoms with E-state index in [4.69, 9.17) is 14.2 Å². The van der Waals surface area contributed by atoms with Crippen LogP contribution in [-0.2, 0) is 20.8 Å². The number of hydrogen-bond acceptors (Lipinski definition) is 7. The number of fused-ring (bicyclic) bond motifs is 2. The number of carboxylic acid groups (broad SMARTS) is 1. The molecule has 0 bridgehead atoms. The molecule has 2 aliphatic heterocycles. The summed E-state index contributed by atoms with van der Waals surface area (Å²) in [6.07, 6.45) is 0.772. The number of anilines is 2. The van der Waals surface area contributed by atoms with Crippen LogP contribution in [0.25, 0.3) is 0 Å². The Hall–Kier alpha value is -5.26. The Bertz CT molecular complexity index is 1560. The molecule has 5 rings (SSSR count). The zero-order valence-corrected chi connectivity index (χ0v) is 25.1. The van der Waals surface area contributed by atoms with Crippen molar-refractivity contribution >= 4 is 35.2 Å². The fourth-order valence-electron chi connectivity index (χ4n) is 5.29. The van der Waals surface area contributed by atoms with Crippen LogP contribution in [0.2, 0.25) is 0 Å². The Morgan fingerprint density at radius 3 is 2.47 bits per heavy atom. The molecule has 4 N–H and O–H groups in total. The van der Waals surface area contributed by atoms with Crippen molar-refractivity contribution in [2.45, 2.75) is 45.2 Å². The molecule has 0 aromatic heterocycles. The highest BCUT2D eigenvalue weighted by Gasteiger charge is 2.28. The molecule has 2 aliphatic rings. The van der Waals surface area contributed by atoms with Crippen molar-refractivity contribution in [3.05, 3.63) is 77.9 Å². The van der Waals surface area contributed by atoms with Crippen LogP contribution in [0.5, 0.6) is 17.2 Å².